The molecule has 0 spiro atoms. The molecule has 0 unspecified atom stereocenters. The number of hydrogen-bond donors (Lipinski definition) is 4. The van der Waals surface area contributed by atoms with E-state index in [0.29, 0.717) is 16.7 Å². The first-order valence-corrected chi connectivity index (χ1v) is 12.8. The van der Waals surface area contributed by atoms with Crippen LogP contribution in [-0.2, 0) is 14.3 Å². The minimum Gasteiger partial charge on any atom is -0.467 e. The number of hydrogen-bond acceptors (Lipinski definition) is 9. The Morgan fingerprint density at radius 3 is 2.55 bits per heavy atom. The van der Waals surface area contributed by atoms with Crippen LogP contribution < -0.4 is 20.7 Å². The summed E-state index contributed by atoms with van der Waals surface area (Å²) in [6.07, 6.45) is -0.0891. The van der Waals surface area contributed by atoms with Crippen molar-refractivity contribution >= 4 is 29.4 Å². The summed E-state index contributed by atoms with van der Waals surface area (Å²) in [7, 11) is 2.73. The quantitative estimate of drug-likeness (QED) is 0.168. The summed E-state index contributed by atoms with van der Waals surface area (Å²) in [6.45, 7) is -0.405. The second kappa shape index (κ2) is 14.4. The molecule has 2 aromatic carbocycles. The third-order valence-electron chi connectivity index (χ3n) is 6.05. The number of benzene rings is 2. The van der Waals surface area contributed by atoms with Crippen molar-refractivity contribution in [3.63, 3.8) is 0 Å². The number of nitrogens with zero attached hydrogens (tertiary/aromatic N) is 2. The number of methoxy groups -OCH3 is 2. The van der Waals surface area contributed by atoms with Gasteiger partial charge in [-0.2, -0.15) is 5.26 Å². The molecule has 4 N–H and O–H groups in total. The van der Waals surface area contributed by atoms with Gasteiger partial charge in [0.2, 0.25) is 5.91 Å². The van der Waals surface area contributed by atoms with Crippen LogP contribution in [0.1, 0.15) is 16.1 Å². The van der Waals surface area contributed by atoms with Crippen molar-refractivity contribution in [2.75, 3.05) is 38.3 Å². The van der Waals surface area contributed by atoms with Crippen molar-refractivity contribution in [3.05, 3.63) is 84.1 Å². The third-order valence-corrected chi connectivity index (χ3v) is 6.05. The molecule has 0 aliphatic heterocycles. The van der Waals surface area contributed by atoms with Gasteiger partial charge >= 0.3 is 6.09 Å². The number of carboxylic acid groups (broad SMARTS) is 1. The van der Waals surface area contributed by atoms with Crippen molar-refractivity contribution in [2.45, 2.75) is 6.04 Å². The van der Waals surface area contributed by atoms with Crippen LogP contribution in [0, 0.1) is 17.1 Å². The lowest BCUT2D eigenvalue weighted by Gasteiger charge is -2.17. The van der Waals surface area contributed by atoms with E-state index in [2.05, 4.69) is 27.0 Å². The Bertz CT molecular complexity index is 1700. The topological polar surface area (TPSA) is 185 Å². The molecular weight excluding hydrogens is 577 g/mol. The average Bonchev–Trinajstić information content (AvgIpc) is 3.55. The van der Waals surface area contributed by atoms with E-state index >= 15 is 0 Å². The molecule has 13 nitrogen and oxygen atoms in total. The van der Waals surface area contributed by atoms with Gasteiger partial charge in [0, 0.05) is 37.1 Å². The van der Waals surface area contributed by atoms with Crippen LogP contribution in [0.15, 0.2) is 71.3 Å². The van der Waals surface area contributed by atoms with Gasteiger partial charge in [0.15, 0.2) is 18.4 Å². The second-order valence-electron chi connectivity index (χ2n) is 9.04. The maximum absolute atomic E-state index is 14.2. The Morgan fingerprint density at radius 1 is 1.05 bits per heavy atom. The zero-order valence-electron chi connectivity index (χ0n) is 23.4. The number of carbonyl (C=O) groups excluding carboxylic acids is 2. The summed E-state index contributed by atoms with van der Waals surface area (Å²) < 4.78 is 34.8. The van der Waals surface area contributed by atoms with Crippen LogP contribution in [0.4, 0.5) is 20.7 Å². The number of carbonyl (C=O) groups is 3. The van der Waals surface area contributed by atoms with Gasteiger partial charge < -0.3 is 39.7 Å². The average molecular weight is 604 g/mol. The van der Waals surface area contributed by atoms with Gasteiger partial charge in [-0.05, 0) is 48.0 Å². The van der Waals surface area contributed by atoms with Gasteiger partial charge in [-0.15, -0.1) is 0 Å². The first-order chi connectivity index (χ1) is 21.2. The second-order valence-corrected chi connectivity index (χ2v) is 9.04. The molecule has 0 aliphatic rings. The predicted molar refractivity (Wildman–Crippen MR) is 154 cm³/mol. The highest BCUT2D eigenvalue weighted by Gasteiger charge is 2.23. The molecule has 3 amide bonds. The zero-order chi connectivity index (χ0) is 31.6. The predicted octanol–water partition coefficient (Wildman–Crippen LogP) is 4.48. The van der Waals surface area contributed by atoms with E-state index in [0.717, 1.165) is 6.07 Å². The lowest BCUT2D eigenvalue weighted by Crippen LogP contribution is -2.46. The number of aromatic nitrogens is 1. The summed E-state index contributed by atoms with van der Waals surface area (Å²) >= 11 is 0. The monoisotopic (exact) mass is 603 g/mol. The maximum Gasteiger partial charge on any atom is 0.405 e. The van der Waals surface area contributed by atoms with Crippen LogP contribution in [0.3, 0.4) is 0 Å². The first-order valence-electron chi connectivity index (χ1n) is 12.8. The van der Waals surface area contributed by atoms with Crippen LogP contribution in [0.25, 0.3) is 22.4 Å². The SMILES string of the molecule is COCOc1cc(F)ccc1-c1cc(-c2cccc(NC(=O)[C@H](COC)NC(=O)O)c2)c(C#N)c(NC(=O)c2ccco2)n1. The summed E-state index contributed by atoms with van der Waals surface area (Å²) in [5.41, 5.74) is 1.50. The van der Waals surface area contributed by atoms with Crippen LogP contribution in [0.5, 0.6) is 5.75 Å². The Labute approximate surface area is 250 Å². The highest BCUT2D eigenvalue weighted by atomic mass is 19.1. The fourth-order valence-corrected chi connectivity index (χ4v) is 4.13. The molecule has 226 valence electrons. The number of nitriles is 1. The Morgan fingerprint density at radius 2 is 1.86 bits per heavy atom. The number of ether oxygens (including phenoxy) is 3. The van der Waals surface area contributed by atoms with Crippen molar-refractivity contribution in [2.24, 2.45) is 0 Å². The number of anilines is 2. The molecule has 14 heteroatoms. The summed E-state index contributed by atoms with van der Waals surface area (Å²) in [5, 5.41) is 26.6. The van der Waals surface area contributed by atoms with E-state index in [-0.39, 0.29) is 47.7 Å². The molecule has 4 aromatic rings. The minimum absolute atomic E-state index is 0.0246. The van der Waals surface area contributed by atoms with Crippen molar-refractivity contribution in [3.8, 4) is 34.2 Å². The molecular formula is C30H26FN5O8. The molecule has 44 heavy (non-hydrogen) atoms. The van der Waals surface area contributed by atoms with Gasteiger partial charge in [0.25, 0.3) is 5.91 Å². The van der Waals surface area contributed by atoms with Crippen molar-refractivity contribution < 1.29 is 42.5 Å². The fourth-order valence-electron chi connectivity index (χ4n) is 4.13. The van der Waals surface area contributed by atoms with E-state index in [4.69, 9.17) is 23.7 Å². The fraction of sp³-hybridized carbons (Fsp3) is 0.167. The molecule has 0 saturated heterocycles. The van der Waals surface area contributed by atoms with E-state index in [1.807, 2.05) is 0 Å². The molecule has 0 saturated carbocycles. The molecule has 0 fully saturated rings. The number of halogens is 1. The smallest absolute Gasteiger partial charge is 0.405 e. The Hall–Kier alpha value is -5.78. The highest BCUT2D eigenvalue weighted by molar-refractivity contribution is 6.03. The Balaban J connectivity index is 1.83. The minimum atomic E-state index is -1.40. The van der Waals surface area contributed by atoms with Gasteiger partial charge in [-0.3, -0.25) is 9.59 Å². The van der Waals surface area contributed by atoms with Crippen molar-refractivity contribution in [1.82, 2.24) is 10.3 Å². The number of pyridine rings is 1. The van der Waals surface area contributed by atoms with E-state index in [1.54, 1.807) is 30.3 Å². The summed E-state index contributed by atoms with van der Waals surface area (Å²) in [6, 6.07) is 15.5. The van der Waals surface area contributed by atoms with Gasteiger partial charge in [0.1, 0.15) is 29.2 Å². The lowest BCUT2D eigenvalue weighted by atomic mass is 9.97. The molecule has 0 bridgehead atoms. The van der Waals surface area contributed by atoms with Crippen LogP contribution in [-0.4, -0.2) is 61.7 Å². The Kier molecular flexibility index (Phi) is 10.2. The third kappa shape index (κ3) is 7.53. The van der Waals surface area contributed by atoms with E-state index in [1.165, 1.54) is 44.7 Å². The van der Waals surface area contributed by atoms with E-state index in [9.17, 15) is 24.0 Å². The van der Waals surface area contributed by atoms with Crippen molar-refractivity contribution in [1.29, 1.82) is 5.26 Å². The number of amides is 3. The van der Waals surface area contributed by atoms with Gasteiger partial charge in [-0.1, -0.05) is 12.1 Å². The largest absolute Gasteiger partial charge is 0.467 e. The standard InChI is InChI=1S/C30H26FN5O8/c1-41-15-24(35-30(39)40)28(37)33-19-6-3-5-17(11-19)21-13-23(20-9-8-18(31)12-26(20)44-16-42-2)34-27(22(21)14-32)36-29(38)25-7-4-10-43-25/h3-13,24,35H,15-16H2,1-2H3,(H,33,37)(H,39,40)(H,34,36,38)/t24-/m0/s1. The van der Waals surface area contributed by atoms with E-state index < -0.39 is 29.8 Å². The lowest BCUT2D eigenvalue weighted by molar-refractivity contribution is -0.119. The summed E-state index contributed by atoms with van der Waals surface area (Å²) in [4.78, 5) is 41.3. The van der Waals surface area contributed by atoms with Gasteiger partial charge in [-0.25, -0.2) is 14.2 Å². The summed E-state index contributed by atoms with van der Waals surface area (Å²) in [5.74, 6) is -1.99. The number of rotatable bonds is 12. The maximum atomic E-state index is 14.2. The zero-order valence-corrected chi connectivity index (χ0v) is 23.4. The highest BCUT2D eigenvalue weighted by Crippen LogP contribution is 2.37. The number of nitrogens with one attached hydrogen (secondary N) is 3. The number of furan rings is 1. The van der Waals surface area contributed by atoms with Crippen LogP contribution in [0.2, 0.25) is 0 Å². The molecule has 0 aliphatic carbocycles. The molecule has 1 atom stereocenters. The molecule has 2 heterocycles. The normalized spacial score (nSPS) is 11.2. The first kappa shape index (κ1) is 31.2. The molecule has 4 rings (SSSR count). The molecule has 2 aromatic heterocycles. The molecule has 0 radical (unpaired) electrons. The van der Waals surface area contributed by atoms with Gasteiger partial charge in [0.05, 0.1) is 18.6 Å². The van der Waals surface area contributed by atoms with Crippen LogP contribution >= 0.6 is 0 Å².